The molecule has 2 aromatic carbocycles. The van der Waals surface area contributed by atoms with E-state index in [2.05, 4.69) is 27.6 Å². The molecule has 0 aliphatic carbocycles. The minimum atomic E-state index is -0.0282. The van der Waals surface area contributed by atoms with Gasteiger partial charge in [-0.25, -0.2) is 0 Å². The van der Waals surface area contributed by atoms with Gasteiger partial charge in [0.1, 0.15) is 6.54 Å². The SMILES string of the molecule is CN1C(=O)CN=C(c2ccccc2Cl)c2cc(I)ccc21. The van der Waals surface area contributed by atoms with Crippen LogP contribution in [0.4, 0.5) is 5.69 Å². The van der Waals surface area contributed by atoms with Crippen molar-refractivity contribution in [1.29, 1.82) is 0 Å². The van der Waals surface area contributed by atoms with Crippen LogP contribution >= 0.6 is 34.2 Å². The van der Waals surface area contributed by atoms with Crippen LogP contribution in [0.3, 0.4) is 0 Å². The van der Waals surface area contributed by atoms with E-state index in [1.165, 1.54) is 0 Å². The summed E-state index contributed by atoms with van der Waals surface area (Å²) in [7, 11) is 1.78. The van der Waals surface area contributed by atoms with E-state index in [1.807, 2.05) is 42.5 Å². The Morgan fingerprint density at radius 3 is 2.71 bits per heavy atom. The van der Waals surface area contributed by atoms with E-state index in [9.17, 15) is 4.79 Å². The molecular formula is C16H12ClIN2O. The molecule has 3 nitrogen and oxygen atoms in total. The van der Waals surface area contributed by atoms with E-state index in [-0.39, 0.29) is 12.5 Å². The van der Waals surface area contributed by atoms with Crippen molar-refractivity contribution < 1.29 is 4.79 Å². The smallest absolute Gasteiger partial charge is 0.248 e. The van der Waals surface area contributed by atoms with Crippen molar-refractivity contribution >= 4 is 51.5 Å². The second kappa shape index (κ2) is 5.77. The molecule has 0 spiro atoms. The van der Waals surface area contributed by atoms with E-state index in [0.717, 1.165) is 26.1 Å². The molecule has 0 N–H and O–H groups in total. The molecule has 0 saturated carbocycles. The van der Waals surface area contributed by atoms with Crippen molar-refractivity contribution in [2.45, 2.75) is 0 Å². The molecule has 0 unspecified atom stereocenters. The Morgan fingerprint density at radius 2 is 1.95 bits per heavy atom. The van der Waals surface area contributed by atoms with Crippen LogP contribution < -0.4 is 4.90 Å². The first-order chi connectivity index (χ1) is 10.1. The lowest BCUT2D eigenvalue weighted by Gasteiger charge is -2.18. The summed E-state index contributed by atoms with van der Waals surface area (Å²) < 4.78 is 1.09. The maximum absolute atomic E-state index is 12.1. The number of amides is 1. The van der Waals surface area contributed by atoms with Gasteiger partial charge in [0.2, 0.25) is 5.91 Å². The van der Waals surface area contributed by atoms with Crippen LogP contribution in [-0.2, 0) is 4.79 Å². The maximum Gasteiger partial charge on any atom is 0.248 e. The van der Waals surface area contributed by atoms with Gasteiger partial charge in [0.15, 0.2) is 0 Å². The van der Waals surface area contributed by atoms with Crippen LogP contribution in [-0.4, -0.2) is 25.2 Å². The van der Waals surface area contributed by atoms with Crippen LogP contribution in [0.15, 0.2) is 47.5 Å². The molecule has 1 aliphatic heterocycles. The lowest BCUT2D eigenvalue weighted by Crippen LogP contribution is -2.27. The molecule has 0 saturated heterocycles. The molecule has 0 fully saturated rings. The first-order valence-electron chi connectivity index (χ1n) is 6.44. The van der Waals surface area contributed by atoms with Gasteiger partial charge in [-0.15, -0.1) is 0 Å². The Bertz CT molecular complexity index is 758. The van der Waals surface area contributed by atoms with E-state index >= 15 is 0 Å². The third-order valence-electron chi connectivity index (χ3n) is 3.45. The standard InChI is InChI=1S/C16H12ClIN2O/c1-20-14-7-6-10(18)8-12(14)16(19-9-15(20)21)11-4-2-3-5-13(11)17/h2-8H,9H2,1H3. The molecule has 5 heteroatoms. The summed E-state index contributed by atoms with van der Waals surface area (Å²) in [6, 6.07) is 13.5. The van der Waals surface area contributed by atoms with Gasteiger partial charge in [-0.3, -0.25) is 9.79 Å². The molecule has 0 atom stereocenters. The minimum absolute atomic E-state index is 0.0282. The van der Waals surface area contributed by atoms with Crippen molar-refractivity contribution in [3.8, 4) is 0 Å². The normalized spacial score (nSPS) is 14.5. The first kappa shape index (κ1) is 14.5. The van der Waals surface area contributed by atoms with Crippen molar-refractivity contribution in [2.24, 2.45) is 4.99 Å². The Balaban J connectivity index is 2.26. The van der Waals surface area contributed by atoms with Crippen LogP contribution in [0.2, 0.25) is 5.02 Å². The van der Waals surface area contributed by atoms with Gasteiger partial charge in [-0.2, -0.15) is 0 Å². The number of likely N-dealkylation sites (N-methyl/N-ethyl adjacent to an activating group) is 1. The number of carbonyl (C=O) groups is 1. The van der Waals surface area contributed by atoms with Gasteiger partial charge < -0.3 is 4.90 Å². The highest BCUT2D eigenvalue weighted by atomic mass is 127. The molecule has 0 radical (unpaired) electrons. The summed E-state index contributed by atoms with van der Waals surface area (Å²) in [6.45, 7) is 0.127. The van der Waals surface area contributed by atoms with Crippen LogP contribution in [0.5, 0.6) is 0 Å². The number of anilines is 1. The van der Waals surface area contributed by atoms with Gasteiger partial charge in [0.25, 0.3) is 0 Å². The quantitative estimate of drug-likeness (QED) is 0.659. The van der Waals surface area contributed by atoms with Gasteiger partial charge in [-0.05, 0) is 46.9 Å². The van der Waals surface area contributed by atoms with E-state index in [1.54, 1.807) is 11.9 Å². The fourth-order valence-corrected chi connectivity index (χ4v) is 3.06. The highest BCUT2D eigenvalue weighted by molar-refractivity contribution is 14.1. The zero-order valence-corrected chi connectivity index (χ0v) is 14.2. The largest absolute Gasteiger partial charge is 0.313 e. The van der Waals surface area contributed by atoms with Gasteiger partial charge in [-0.1, -0.05) is 29.8 Å². The average molecular weight is 411 g/mol. The number of fused-ring (bicyclic) bond motifs is 1. The maximum atomic E-state index is 12.1. The Morgan fingerprint density at radius 1 is 1.19 bits per heavy atom. The molecule has 3 rings (SSSR count). The van der Waals surface area contributed by atoms with E-state index in [4.69, 9.17) is 11.6 Å². The number of benzodiazepines with no additional fused rings is 1. The van der Waals surface area contributed by atoms with Gasteiger partial charge >= 0.3 is 0 Å². The summed E-state index contributed by atoms with van der Waals surface area (Å²) in [5.74, 6) is -0.0282. The molecule has 1 heterocycles. The number of hydrogen-bond donors (Lipinski definition) is 0. The molecule has 0 aromatic heterocycles. The van der Waals surface area contributed by atoms with Crippen molar-refractivity contribution in [3.63, 3.8) is 0 Å². The molecule has 21 heavy (non-hydrogen) atoms. The zero-order chi connectivity index (χ0) is 15.0. The predicted octanol–water partition coefficient (Wildman–Crippen LogP) is 3.76. The summed E-state index contributed by atoms with van der Waals surface area (Å²) in [5, 5.41) is 0.637. The van der Waals surface area contributed by atoms with Crippen LogP contribution in [0, 0.1) is 3.57 Å². The van der Waals surface area contributed by atoms with E-state index in [0.29, 0.717) is 5.02 Å². The third kappa shape index (κ3) is 2.70. The molecule has 1 aliphatic rings. The van der Waals surface area contributed by atoms with Gasteiger partial charge in [0, 0.05) is 26.8 Å². The lowest BCUT2D eigenvalue weighted by atomic mass is 10.0. The highest BCUT2D eigenvalue weighted by Crippen LogP contribution is 2.29. The summed E-state index contributed by atoms with van der Waals surface area (Å²) in [5.41, 5.74) is 3.41. The Labute approximate surface area is 141 Å². The van der Waals surface area contributed by atoms with Gasteiger partial charge in [0.05, 0.1) is 11.4 Å². The minimum Gasteiger partial charge on any atom is -0.313 e. The number of carbonyl (C=O) groups excluding carboxylic acids is 1. The van der Waals surface area contributed by atoms with E-state index < -0.39 is 0 Å². The number of halogens is 2. The topological polar surface area (TPSA) is 32.7 Å². The number of rotatable bonds is 1. The Hall–Kier alpha value is -1.40. The van der Waals surface area contributed by atoms with Crippen molar-refractivity contribution in [2.75, 3.05) is 18.5 Å². The van der Waals surface area contributed by atoms with Crippen molar-refractivity contribution in [1.82, 2.24) is 0 Å². The second-order valence-corrected chi connectivity index (χ2v) is 6.41. The number of nitrogens with zero attached hydrogens (tertiary/aromatic N) is 2. The third-order valence-corrected chi connectivity index (χ3v) is 4.45. The fraction of sp³-hybridized carbons (Fsp3) is 0.125. The average Bonchev–Trinajstić information content (AvgIpc) is 2.59. The summed E-state index contributed by atoms with van der Waals surface area (Å²) >= 11 is 8.57. The predicted molar refractivity (Wildman–Crippen MR) is 94.5 cm³/mol. The van der Waals surface area contributed by atoms with Crippen LogP contribution in [0.25, 0.3) is 0 Å². The molecule has 2 aromatic rings. The van der Waals surface area contributed by atoms with Crippen molar-refractivity contribution in [3.05, 3.63) is 62.2 Å². The van der Waals surface area contributed by atoms with Crippen LogP contribution in [0.1, 0.15) is 11.1 Å². The summed E-state index contributed by atoms with van der Waals surface area (Å²) in [4.78, 5) is 18.3. The monoisotopic (exact) mass is 410 g/mol. The highest BCUT2D eigenvalue weighted by Gasteiger charge is 2.23. The first-order valence-corrected chi connectivity index (χ1v) is 7.89. The fourth-order valence-electron chi connectivity index (χ4n) is 2.35. The zero-order valence-electron chi connectivity index (χ0n) is 11.3. The lowest BCUT2D eigenvalue weighted by molar-refractivity contribution is -0.116. The molecular weight excluding hydrogens is 399 g/mol. The Kier molecular flexibility index (Phi) is 3.99. The molecule has 1 amide bonds. The molecule has 106 valence electrons. The summed E-state index contributed by atoms with van der Waals surface area (Å²) in [6.07, 6.45) is 0. The second-order valence-electron chi connectivity index (χ2n) is 4.76. The number of hydrogen-bond acceptors (Lipinski definition) is 2. The number of benzene rings is 2. The number of aliphatic imine (C=N–C) groups is 1. The molecule has 0 bridgehead atoms.